The van der Waals surface area contributed by atoms with Crippen LogP contribution in [0.4, 0.5) is 5.69 Å². The van der Waals surface area contributed by atoms with Gasteiger partial charge in [-0.05, 0) is 37.1 Å². The van der Waals surface area contributed by atoms with Gasteiger partial charge in [0.2, 0.25) is 0 Å². The van der Waals surface area contributed by atoms with Gasteiger partial charge in [-0.3, -0.25) is 0 Å². The molecule has 0 saturated carbocycles. The van der Waals surface area contributed by atoms with E-state index in [2.05, 4.69) is 17.5 Å². The summed E-state index contributed by atoms with van der Waals surface area (Å²) in [7, 11) is 1.66. The van der Waals surface area contributed by atoms with Crippen LogP contribution in [-0.4, -0.2) is 13.7 Å². The lowest BCUT2D eigenvalue weighted by atomic mass is 10.1. The summed E-state index contributed by atoms with van der Waals surface area (Å²) in [5, 5.41) is 3.43. The first-order valence-corrected chi connectivity index (χ1v) is 7.22. The lowest BCUT2D eigenvalue weighted by Gasteiger charge is -2.14. The summed E-state index contributed by atoms with van der Waals surface area (Å²) < 4.78 is 11.4. The summed E-state index contributed by atoms with van der Waals surface area (Å²) in [5.74, 6) is 2.44. The van der Waals surface area contributed by atoms with E-state index in [0.717, 1.165) is 47.9 Å². The summed E-state index contributed by atoms with van der Waals surface area (Å²) >= 11 is 0. The van der Waals surface area contributed by atoms with Crippen molar-refractivity contribution in [1.82, 2.24) is 0 Å². The number of hydrogen-bond donors (Lipinski definition) is 1. The number of rotatable bonds is 1. The Kier molecular flexibility index (Phi) is 4.10. The first-order valence-electron chi connectivity index (χ1n) is 7.22. The van der Waals surface area contributed by atoms with Gasteiger partial charge < -0.3 is 14.8 Å². The molecule has 1 N–H and O–H groups in total. The van der Waals surface area contributed by atoms with Gasteiger partial charge in [0.1, 0.15) is 11.5 Å². The smallest absolute Gasteiger partial charge is 0.150 e. The molecule has 0 spiro atoms. The van der Waals surface area contributed by atoms with Gasteiger partial charge in [-0.1, -0.05) is 24.3 Å². The van der Waals surface area contributed by atoms with Crippen molar-refractivity contribution < 1.29 is 9.47 Å². The molecule has 0 amide bonds. The highest BCUT2D eigenvalue weighted by Crippen LogP contribution is 2.34. The topological polar surface area (TPSA) is 30.5 Å². The van der Waals surface area contributed by atoms with Crippen LogP contribution >= 0.6 is 0 Å². The zero-order valence-corrected chi connectivity index (χ0v) is 12.1. The minimum absolute atomic E-state index is 0.794. The highest BCUT2D eigenvalue weighted by molar-refractivity contribution is 5.63. The molecule has 21 heavy (non-hydrogen) atoms. The summed E-state index contributed by atoms with van der Waals surface area (Å²) in [5.41, 5.74) is 2.08. The predicted molar refractivity (Wildman–Crippen MR) is 86.3 cm³/mol. The van der Waals surface area contributed by atoms with Crippen LogP contribution in [0.5, 0.6) is 17.2 Å². The molecule has 0 aliphatic carbocycles. The van der Waals surface area contributed by atoms with E-state index in [0.29, 0.717) is 0 Å². The maximum absolute atomic E-state index is 6.12. The largest absolute Gasteiger partial charge is 0.497 e. The van der Waals surface area contributed by atoms with Gasteiger partial charge in [0.05, 0.1) is 12.8 Å². The van der Waals surface area contributed by atoms with Crippen molar-refractivity contribution >= 4 is 11.8 Å². The molecule has 3 heteroatoms. The molecule has 0 radical (unpaired) electrons. The molecule has 0 unspecified atom stereocenters. The third-order valence-electron chi connectivity index (χ3n) is 3.49. The second-order valence-electron chi connectivity index (χ2n) is 4.97. The molecule has 0 aromatic heterocycles. The van der Waals surface area contributed by atoms with Crippen molar-refractivity contribution in [2.24, 2.45) is 0 Å². The maximum atomic E-state index is 6.12. The molecule has 1 heterocycles. The van der Waals surface area contributed by atoms with Gasteiger partial charge in [-0.15, -0.1) is 0 Å². The Bertz CT molecular complexity index is 649. The van der Waals surface area contributed by atoms with Crippen LogP contribution in [-0.2, 0) is 0 Å². The molecule has 0 saturated heterocycles. The van der Waals surface area contributed by atoms with Crippen molar-refractivity contribution in [3.63, 3.8) is 0 Å². The van der Waals surface area contributed by atoms with Crippen LogP contribution in [0.1, 0.15) is 18.4 Å². The molecule has 0 atom stereocenters. The minimum atomic E-state index is 0.794. The van der Waals surface area contributed by atoms with Crippen LogP contribution in [0, 0.1) is 0 Å². The average Bonchev–Trinajstić information content (AvgIpc) is 2.56. The monoisotopic (exact) mass is 281 g/mol. The van der Waals surface area contributed by atoms with E-state index in [1.807, 2.05) is 42.5 Å². The number of fused-ring (bicyclic) bond motifs is 2. The number of para-hydroxylation sites is 2. The SMILES string of the molecule is COc1ccc2c(c1)Oc1ccccc1NCCC/C=C/2. The van der Waals surface area contributed by atoms with Crippen molar-refractivity contribution in [3.8, 4) is 17.2 Å². The van der Waals surface area contributed by atoms with Crippen LogP contribution < -0.4 is 14.8 Å². The van der Waals surface area contributed by atoms with Gasteiger partial charge in [-0.25, -0.2) is 0 Å². The van der Waals surface area contributed by atoms with E-state index in [-0.39, 0.29) is 0 Å². The molecule has 3 nitrogen and oxygen atoms in total. The van der Waals surface area contributed by atoms with Gasteiger partial charge in [0.15, 0.2) is 5.75 Å². The van der Waals surface area contributed by atoms with Crippen molar-refractivity contribution in [1.29, 1.82) is 0 Å². The van der Waals surface area contributed by atoms with E-state index >= 15 is 0 Å². The average molecular weight is 281 g/mol. The Labute approximate surface area is 125 Å². The third-order valence-corrected chi connectivity index (χ3v) is 3.49. The summed E-state index contributed by atoms with van der Waals surface area (Å²) in [6.07, 6.45) is 6.44. The normalized spacial score (nSPS) is 15.5. The maximum Gasteiger partial charge on any atom is 0.150 e. The molecule has 1 aliphatic rings. The lowest BCUT2D eigenvalue weighted by molar-refractivity contribution is 0.409. The van der Waals surface area contributed by atoms with Gasteiger partial charge >= 0.3 is 0 Å². The van der Waals surface area contributed by atoms with Crippen molar-refractivity contribution in [2.75, 3.05) is 19.0 Å². The van der Waals surface area contributed by atoms with E-state index in [1.165, 1.54) is 0 Å². The van der Waals surface area contributed by atoms with E-state index in [9.17, 15) is 0 Å². The van der Waals surface area contributed by atoms with Crippen LogP contribution in [0.25, 0.3) is 6.08 Å². The molecule has 2 aromatic rings. The number of ether oxygens (including phenoxy) is 2. The van der Waals surface area contributed by atoms with Crippen molar-refractivity contribution in [3.05, 3.63) is 54.1 Å². The van der Waals surface area contributed by atoms with Crippen LogP contribution in [0.15, 0.2) is 48.5 Å². The van der Waals surface area contributed by atoms with Crippen LogP contribution in [0.3, 0.4) is 0 Å². The van der Waals surface area contributed by atoms with Crippen molar-refractivity contribution in [2.45, 2.75) is 12.8 Å². The number of allylic oxidation sites excluding steroid dienone is 1. The standard InChI is InChI=1S/C18H19NO2/c1-20-15-11-10-14-7-3-2-6-12-19-16-8-4-5-9-17(16)21-18(14)13-15/h3-5,7-11,13,19H,2,6,12H2,1H3/b7-3+. The Morgan fingerprint density at radius 3 is 2.90 bits per heavy atom. The quantitative estimate of drug-likeness (QED) is 0.821. The molecule has 0 fully saturated rings. The molecule has 3 rings (SSSR count). The fraction of sp³-hybridized carbons (Fsp3) is 0.222. The number of anilines is 1. The highest BCUT2D eigenvalue weighted by Gasteiger charge is 2.09. The highest BCUT2D eigenvalue weighted by atomic mass is 16.5. The van der Waals surface area contributed by atoms with E-state index in [1.54, 1.807) is 7.11 Å². The van der Waals surface area contributed by atoms with Gasteiger partial charge in [0.25, 0.3) is 0 Å². The zero-order chi connectivity index (χ0) is 14.5. The second-order valence-corrected chi connectivity index (χ2v) is 4.97. The van der Waals surface area contributed by atoms with E-state index < -0.39 is 0 Å². The number of benzene rings is 2. The zero-order valence-electron chi connectivity index (χ0n) is 12.1. The molecule has 2 aromatic carbocycles. The predicted octanol–water partition coefficient (Wildman–Crippen LogP) is 4.71. The Morgan fingerprint density at radius 2 is 2.00 bits per heavy atom. The second kappa shape index (κ2) is 6.35. The summed E-state index contributed by atoms with van der Waals surface area (Å²) in [4.78, 5) is 0. The molecule has 1 aliphatic heterocycles. The number of methoxy groups -OCH3 is 1. The Balaban J connectivity index is 2.04. The molecular formula is C18H19NO2. The molecule has 0 bridgehead atoms. The number of hydrogen-bond acceptors (Lipinski definition) is 3. The molecular weight excluding hydrogens is 262 g/mol. The lowest BCUT2D eigenvalue weighted by Crippen LogP contribution is -2.02. The fourth-order valence-electron chi connectivity index (χ4n) is 2.34. The molecule has 108 valence electrons. The summed E-state index contributed by atoms with van der Waals surface area (Å²) in [6, 6.07) is 13.9. The third kappa shape index (κ3) is 3.19. The van der Waals surface area contributed by atoms with E-state index in [4.69, 9.17) is 9.47 Å². The number of nitrogens with one attached hydrogen (secondary N) is 1. The first-order chi connectivity index (χ1) is 10.4. The first kappa shape index (κ1) is 13.6. The summed E-state index contributed by atoms with van der Waals surface area (Å²) in [6.45, 7) is 0.935. The van der Waals surface area contributed by atoms with Gasteiger partial charge in [0, 0.05) is 18.2 Å². The van der Waals surface area contributed by atoms with Gasteiger partial charge in [-0.2, -0.15) is 0 Å². The fourth-order valence-corrected chi connectivity index (χ4v) is 2.34. The Hall–Kier alpha value is -2.42. The van der Waals surface area contributed by atoms with Crippen LogP contribution in [0.2, 0.25) is 0 Å². The Morgan fingerprint density at radius 1 is 1.10 bits per heavy atom. The minimum Gasteiger partial charge on any atom is -0.497 e.